The SMILES string of the molecule is CC(C)(C)NS(=O)(=O)c1ccc(C(=O)Nc2ccc(Cl)c(C(=O)NC3CCCCC3)c2)cc1. The van der Waals surface area contributed by atoms with Crippen LogP contribution in [0.5, 0.6) is 0 Å². The Morgan fingerprint density at radius 3 is 2.18 bits per heavy atom. The molecule has 1 aliphatic rings. The summed E-state index contributed by atoms with van der Waals surface area (Å²) in [5.74, 6) is -0.687. The van der Waals surface area contributed by atoms with Gasteiger partial charge in [0.2, 0.25) is 10.0 Å². The van der Waals surface area contributed by atoms with Gasteiger partial charge in [0.05, 0.1) is 15.5 Å². The summed E-state index contributed by atoms with van der Waals surface area (Å²) in [6, 6.07) is 10.5. The van der Waals surface area contributed by atoms with Gasteiger partial charge in [-0.3, -0.25) is 9.59 Å². The zero-order valence-electron chi connectivity index (χ0n) is 19.1. The minimum atomic E-state index is -3.69. The second-order valence-electron chi connectivity index (χ2n) is 9.34. The molecule has 9 heteroatoms. The fraction of sp³-hybridized carbons (Fsp3) is 0.417. The Bertz CT molecular complexity index is 1120. The Balaban J connectivity index is 1.70. The lowest BCUT2D eigenvalue weighted by Gasteiger charge is -2.23. The van der Waals surface area contributed by atoms with E-state index in [2.05, 4.69) is 15.4 Å². The van der Waals surface area contributed by atoms with E-state index in [1.165, 1.54) is 30.7 Å². The normalized spacial score (nSPS) is 15.2. The lowest BCUT2D eigenvalue weighted by molar-refractivity contribution is 0.0926. The number of sulfonamides is 1. The minimum Gasteiger partial charge on any atom is -0.349 e. The fourth-order valence-electron chi connectivity index (χ4n) is 3.74. The van der Waals surface area contributed by atoms with Gasteiger partial charge in [0.1, 0.15) is 0 Å². The van der Waals surface area contributed by atoms with Crippen molar-refractivity contribution in [3.05, 3.63) is 58.6 Å². The van der Waals surface area contributed by atoms with Crippen molar-refractivity contribution in [2.24, 2.45) is 0 Å². The molecule has 0 unspecified atom stereocenters. The first kappa shape index (κ1) is 25.2. The third-order valence-electron chi connectivity index (χ3n) is 5.28. The van der Waals surface area contributed by atoms with E-state index in [-0.39, 0.29) is 22.4 Å². The van der Waals surface area contributed by atoms with E-state index >= 15 is 0 Å². The highest BCUT2D eigenvalue weighted by molar-refractivity contribution is 7.89. The highest BCUT2D eigenvalue weighted by atomic mass is 35.5. The quantitative estimate of drug-likeness (QED) is 0.543. The maximum Gasteiger partial charge on any atom is 0.255 e. The first-order valence-electron chi connectivity index (χ1n) is 11.0. The van der Waals surface area contributed by atoms with Crippen molar-refractivity contribution in [2.75, 3.05) is 5.32 Å². The number of carbonyl (C=O) groups excluding carboxylic acids is 2. The van der Waals surface area contributed by atoms with Crippen LogP contribution in [0.3, 0.4) is 0 Å². The lowest BCUT2D eigenvalue weighted by atomic mass is 9.95. The molecule has 178 valence electrons. The summed E-state index contributed by atoms with van der Waals surface area (Å²) in [6.07, 6.45) is 5.30. The van der Waals surface area contributed by atoms with Crippen LogP contribution in [0.15, 0.2) is 47.4 Å². The second-order valence-corrected chi connectivity index (χ2v) is 11.4. The molecule has 2 aromatic rings. The van der Waals surface area contributed by atoms with Crippen LogP contribution in [-0.2, 0) is 10.0 Å². The van der Waals surface area contributed by atoms with E-state index in [4.69, 9.17) is 11.6 Å². The summed E-state index contributed by atoms with van der Waals surface area (Å²) in [6.45, 7) is 5.26. The molecule has 33 heavy (non-hydrogen) atoms. The van der Waals surface area contributed by atoms with Gasteiger partial charge >= 0.3 is 0 Å². The molecule has 2 amide bonds. The van der Waals surface area contributed by atoms with Crippen molar-refractivity contribution in [1.29, 1.82) is 0 Å². The number of carbonyl (C=O) groups is 2. The maximum atomic E-state index is 12.7. The van der Waals surface area contributed by atoms with Gasteiger partial charge in [-0.25, -0.2) is 13.1 Å². The van der Waals surface area contributed by atoms with Gasteiger partial charge in [0.25, 0.3) is 11.8 Å². The zero-order valence-corrected chi connectivity index (χ0v) is 20.6. The number of anilines is 1. The summed E-state index contributed by atoms with van der Waals surface area (Å²) in [5.41, 5.74) is 0.386. The lowest BCUT2D eigenvalue weighted by Crippen LogP contribution is -2.40. The number of benzene rings is 2. The van der Waals surface area contributed by atoms with Gasteiger partial charge in [-0.05, 0) is 76.1 Å². The summed E-state index contributed by atoms with van der Waals surface area (Å²) in [5, 5.41) is 6.07. The molecule has 0 spiro atoms. The van der Waals surface area contributed by atoms with Crippen LogP contribution >= 0.6 is 11.6 Å². The highest BCUT2D eigenvalue weighted by Gasteiger charge is 2.22. The molecule has 3 rings (SSSR count). The topological polar surface area (TPSA) is 104 Å². The molecule has 1 fully saturated rings. The number of amides is 2. The van der Waals surface area contributed by atoms with Crippen molar-refractivity contribution < 1.29 is 18.0 Å². The third kappa shape index (κ3) is 7.03. The van der Waals surface area contributed by atoms with Crippen LogP contribution < -0.4 is 15.4 Å². The van der Waals surface area contributed by atoms with Crippen molar-refractivity contribution in [3.63, 3.8) is 0 Å². The molecule has 2 aromatic carbocycles. The molecule has 0 aliphatic heterocycles. The van der Waals surface area contributed by atoms with Crippen molar-refractivity contribution in [1.82, 2.24) is 10.0 Å². The molecule has 0 saturated heterocycles. The summed E-state index contributed by atoms with van der Waals surface area (Å²) in [7, 11) is -3.69. The number of halogens is 1. The molecular weight excluding hydrogens is 462 g/mol. The molecule has 0 aromatic heterocycles. The van der Waals surface area contributed by atoms with Gasteiger partial charge < -0.3 is 10.6 Å². The summed E-state index contributed by atoms with van der Waals surface area (Å²) >= 11 is 6.23. The Labute approximate surface area is 200 Å². The van der Waals surface area contributed by atoms with Crippen molar-refractivity contribution in [3.8, 4) is 0 Å². The van der Waals surface area contributed by atoms with Crippen LogP contribution in [0.2, 0.25) is 5.02 Å². The minimum absolute atomic E-state index is 0.0714. The monoisotopic (exact) mass is 491 g/mol. The zero-order chi connectivity index (χ0) is 24.2. The fourth-order valence-corrected chi connectivity index (χ4v) is 5.36. The average Bonchev–Trinajstić information content (AvgIpc) is 2.74. The van der Waals surface area contributed by atoms with Gasteiger partial charge in [0.15, 0.2) is 0 Å². The Hall–Kier alpha value is -2.42. The van der Waals surface area contributed by atoms with E-state index in [0.29, 0.717) is 16.3 Å². The predicted octanol–water partition coefficient (Wildman–Crippen LogP) is 4.73. The smallest absolute Gasteiger partial charge is 0.255 e. The number of nitrogens with one attached hydrogen (secondary N) is 3. The molecule has 7 nitrogen and oxygen atoms in total. The second kappa shape index (κ2) is 10.2. The van der Waals surface area contributed by atoms with Crippen LogP contribution in [0.4, 0.5) is 5.69 Å². The van der Waals surface area contributed by atoms with Crippen LogP contribution in [0.25, 0.3) is 0 Å². The van der Waals surface area contributed by atoms with Gasteiger partial charge in [0, 0.05) is 22.8 Å². The van der Waals surface area contributed by atoms with E-state index in [9.17, 15) is 18.0 Å². The molecule has 0 heterocycles. The molecule has 0 radical (unpaired) electrons. The molecule has 3 N–H and O–H groups in total. The molecular formula is C24H30ClN3O4S. The predicted molar refractivity (Wildman–Crippen MR) is 130 cm³/mol. The highest BCUT2D eigenvalue weighted by Crippen LogP contribution is 2.23. The van der Waals surface area contributed by atoms with E-state index in [0.717, 1.165) is 25.7 Å². The maximum absolute atomic E-state index is 12.7. The van der Waals surface area contributed by atoms with Gasteiger partial charge in [-0.15, -0.1) is 0 Å². The number of rotatable bonds is 6. The van der Waals surface area contributed by atoms with E-state index in [1.807, 2.05) is 0 Å². The first-order valence-corrected chi connectivity index (χ1v) is 12.9. The molecule has 1 aliphatic carbocycles. The third-order valence-corrected chi connectivity index (χ3v) is 7.38. The summed E-state index contributed by atoms with van der Waals surface area (Å²) < 4.78 is 27.4. The molecule has 0 bridgehead atoms. The molecule has 0 atom stereocenters. The Kier molecular flexibility index (Phi) is 7.82. The number of hydrogen-bond donors (Lipinski definition) is 3. The van der Waals surface area contributed by atoms with Crippen LogP contribution in [0.1, 0.15) is 73.6 Å². The largest absolute Gasteiger partial charge is 0.349 e. The average molecular weight is 492 g/mol. The van der Waals surface area contributed by atoms with Gasteiger partial charge in [-0.1, -0.05) is 30.9 Å². The van der Waals surface area contributed by atoms with E-state index < -0.39 is 21.5 Å². The van der Waals surface area contributed by atoms with Crippen molar-refractivity contribution >= 4 is 39.1 Å². The number of hydrogen-bond acceptors (Lipinski definition) is 4. The van der Waals surface area contributed by atoms with Gasteiger partial charge in [-0.2, -0.15) is 0 Å². The summed E-state index contributed by atoms with van der Waals surface area (Å²) in [4.78, 5) is 25.4. The first-order chi connectivity index (χ1) is 15.4. The van der Waals surface area contributed by atoms with Crippen molar-refractivity contribution in [2.45, 2.75) is 69.4 Å². The Morgan fingerprint density at radius 1 is 0.939 bits per heavy atom. The van der Waals surface area contributed by atoms with Crippen LogP contribution in [0, 0.1) is 0 Å². The van der Waals surface area contributed by atoms with E-state index in [1.54, 1.807) is 39.0 Å². The Morgan fingerprint density at radius 2 is 1.58 bits per heavy atom. The van der Waals surface area contributed by atoms with Crippen LogP contribution in [-0.4, -0.2) is 31.8 Å². The standard InChI is InChI=1S/C24H30ClN3O4S/c1-24(2,3)28-33(31,32)19-12-9-16(10-13-19)22(29)27-18-11-14-21(25)20(15-18)23(30)26-17-7-5-4-6-8-17/h9-15,17,28H,4-8H2,1-3H3,(H,26,30)(H,27,29). The molecule has 1 saturated carbocycles.